The number of carboxylic acid groups (broad SMARTS) is 1. The molecule has 1 atom stereocenters. The van der Waals surface area contributed by atoms with E-state index < -0.39 is 10.9 Å². The molecule has 0 amide bonds. The summed E-state index contributed by atoms with van der Waals surface area (Å²) in [4.78, 5) is 21.3. The summed E-state index contributed by atoms with van der Waals surface area (Å²) in [6, 6.07) is 6.69. The smallest absolute Gasteiger partial charge is 0.337 e. The van der Waals surface area contributed by atoms with E-state index in [-0.39, 0.29) is 23.0 Å². The van der Waals surface area contributed by atoms with Crippen LogP contribution in [-0.2, 0) is 0 Å². The fourth-order valence-corrected chi connectivity index (χ4v) is 1.79. The molecule has 2 aromatic rings. The molecule has 1 aromatic carbocycles. The van der Waals surface area contributed by atoms with Crippen molar-refractivity contribution in [2.75, 3.05) is 5.32 Å². The van der Waals surface area contributed by atoms with Crippen molar-refractivity contribution in [3.8, 4) is 0 Å². The highest BCUT2D eigenvalue weighted by Gasteiger charge is 2.18. The fraction of sp³-hybridized carbons (Fsp3) is 0.154. The zero-order valence-electron chi connectivity index (χ0n) is 10.6. The molecule has 7 nitrogen and oxygen atoms in total. The largest absolute Gasteiger partial charge is 0.478 e. The maximum Gasteiger partial charge on any atom is 0.337 e. The number of rotatable bonds is 5. The number of nitrogens with zero attached hydrogens (tertiary/aromatic N) is 1. The predicted molar refractivity (Wildman–Crippen MR) is 70.8 cm³/mol. The molecule has 0 aliphatic carbocycles. The molecule has 104 valence electrons. The Morgan fingerprint density at radius 1 is 1.45 bits per heavy atom. The molecule has 2 N–H and O–H groups in total. The SMILES string of the molecule is CC(Nc1cc([N+](=O)[O-])ccc1C(=O)O)c1ccco1. The third-order valence-corrected chi connectivity index (χ3v) is 2.79. The number of non-ortho nitro benzene ring substituents is 1. The van der Waals surface area contributed by atoms with Gasteiger partial charge in [0, 0.05) is 12.1 Å². The van der Waals surface area contributed by atoms with Gasteiger partial charge in [0.05, 0.1) is 28.5 Å². The third-order valence-electron chi connectivity index (χ3n) is 2.79. The van der Waals surface area contributed by atoms with Crippen molar-refractivity contribution in [1.29, 1.82) is 0 Å². The van der Waals surface area contributed by atoms with Crippen molar-refractivity contribution in [3.05, 3.63) is 58.0 Å². The Balaban J connectivity index is 2.35. The number of carbonyl (C=O) groups is 1. The molecule has 0 aliphatic rings. The average Bonchev–Trinajstić information content (AvgIpc) is 2.92. The molecule has 1 aromatic heterocycles. The first-order chi connectivity index (χ1) is 9.49. The average molecular weight is 276 g/mol. The molecular formula is C13H12N2O5. The molecule has 1 unspecified atom stereocenters. The maximum atomic E-state index is 11.1. The van der Waals surface area contributed by atoms with Crippen LogP contribution in [0.3, 0.4) is 0 Å². The second kappa shape index (κ2) is 5.43. The molecule has 0 bridgehead atoms. The van der Waals surface area contributed by atoms with Crippen LogP contribution in [-0.4, -0.2) is 16.0 Å². The molecule has 0 radical (unpaired) electrons. The second-order valence-electron chi connectivity index (χ2n) is 4.17. The van der Waals surface area contributed by atoms with Gasteiger partial charge >= 0.3 is 5.97 Å². The van der Waals surface area contributed by atoms with Gasteiger partial charge < -0.3 is 14.8 Å². The topological polar surface area (TPSA) is 106 Å². The van der Waals surface area contributed by atoms with Gasteiger partial charge in [0.2, 0.25) is 0 Å². The van der Waals surface area contributed by atoms with Gasteiger partial charge in [-0.15, -0.1) is 0 Å². The monoisotopic (exact) mass is 276 g/mol. The van der Waals surface area contributed by atoms with Gasteiger partial charge in [0.25, 0.3) is 5.69 Å². The highest BCUT2D eigenvalue weighted by Crippen LogP contribution is 2.26. The van der Waals surface area contributed by atoms with Crippen molar-refractivity contribution in [1.82, 2.24) is 0 Å². The zero-order chi connectivity index (χ0) is 14.7. The lowest BCUT2D eigenvalue weighted by Crippen LogP contribution is -2.10. The quantitative estimate of drug-likeness (QED) is 0.642. The lowest BCUT2D eigenvalue weighted by atomic mass is 10.1. The van der Waals surface area contributed by atoms with Gasteiger partial charge in [-0.05, 0) is 25.1 Å². The zero-order valence-corrected chi connectivity index (χ0v) is 10.6. The Kier molecular flexibility index (Phi) is 3.69. The van der Waals surface area contributed by atoms with Crippen LogP contribution in [0.4, 0.5) is 11.4 Å². The van der Waals surface area contributed by atoms with Gasteiger partial charge in [-0.25, -0.2) is 4.79 Å². The van der Waals surface area contributed by atoms with E-state index in [1.807, 2.05) is 0 Å². The second-order valence-corrected chi connectivity index (χ2v) is 4.17. The van der Waals surface area contributed by atoms with Crippen LogP contribution < -0.4 is 5.32 Å². The van der Waals surface area contributed by atoms with Crippen molar-refractivity contribution >= 4 is 17.3 Å². The number of hydrogen-bond acceptors (Lipinski definition) is 5. The number of nitro groups is 1. The molecule has 1 heterocycles. The molecule has 20 heavy (non-hydrogen) atoms. The first-order valence-corrected chi connectivity index (χ1v) is 5.80. The molecule has 7 heteroatoms. The summed E-state index contributed by atoms with van der Waals surface area (Å²) < 4.78 is 5.20. The summed E-state index contributed by atoms with van der Waals surface area (Å²) >= 11 is 0. The summed E-state index contributed by atoms with van der Waals surface area (Å²) in [6.45, 7) is 1.77. The van der Waals surface area contributed by atoms with E-state index in [1.165, 1.54) is 18.4 Å². The Morgan fingerprint density at radius 2 is 2.20 bits per heavy atom. The Morgan fingerprint density at radius 3 is 2.75 bits per heavy atom. The van der Waals surface area contributed by atoms with Gasteiger partial charge in [-0.1, -0.05) is 0 Å². The number of benzene rings is 1. The third kappa shape index (κ3) is 2.77. The number of carboxylic acids is 1. The van der Waals surface area contributed by atoms with Crippen molar-refractivity contribution in [3.63, 3.8) is 0 Å². The van der Waals surface area contributed by atoms with Gasteiger partial charge in [0.1, 0.15) is 5.76 Å². The first-order valence-electron chi connectivity index (χ1n) is 5.80. The maximum absolute atomic E-state index is 11.1. The highest BCUT2D eigenvalue weighted by molar-refractivity contribution is 5.94. The molecule has 0 aliphatic heterocycles. The number of anilines is 1. The van der Waals surface area contributed by atoms with Crippen LogP contribution in [0.1, 0.15) is 29.1 Å². The highest BCUT2D eigenvalue weighted by atomic mass is 16.6. The molecule has 0 spiro atoms. The van der Waals surface area contributed by atoms with Crippen LogP contribution >= 0.6 is 0 Å². The molecule has 2 rings (SSSR count). The fourth-order valence-electron chi connectivity index (χ4n) is 1.79. The summed E-state index contributed by atoms with van der Waals surface area (Å²) in [5.74, 6) is -0.554. The summed E-state index contributed by atoms with van der Waals surface area (Å²) in [5, 5.41) is 22.8. The Hall–Kier alpha value is -2.83. The van der Waals surface area contributed by atoms with Crippen LogP contribution in [0.25, 0.3) is 0 Å². The minimum atomic E-state index is -1.16. The standard InChI is InChI=1S/C13H12N2O5/c1-8(12-3-2-6-20-12)14-11-7-9(15(18)19)4-5-10(11)13(16)17/h2-8,14H,1H3,(H,16,17). The summed E-state index contributed by atoms with van der Waals surface area (Å²) in [6.07, 6.45) is 1.50. The molecular weight excluding hydrogens is 264 g/mol. The first kappa shape index (κ1) is 13.6. The normalized spacial score (nSPS) is 11.8. The molecule has 0 saturated heterocycles. The number of nitrogens with one attached hydrogen (secondary N) is 1. The summed E-state index contributed by atoms with van der Waals surface area (Å²) in [5.41, 5.74) is -0.0336. The van der Waals surface area contributed by atoms with E-state index in [0.29, 0.717) is 5.76 Å². The van der Waals surface area contributed by atoms with Crippen molar-refractivity contribution in [2.45, 2.75) is 13.0 Å². The summed E-state index contributed by atoms with van der Waals surface area (Å²) in [7, 11) is 0. The van der Waals surface area contributed by atoms with E-state index in [1.54, 1.807) is 19.1 Å². The Bertz CT molecular complexity index is 636. The van der Waals surface area contributed by atoms with Crippen LogP contribution in [0.5, 0.6) is 0 Å². The van der Waals surface area contributed by atoms with Crippen molar-refractivity contribution in [2.24, 2.45) is 0 Å². The lowest BCUT2D eigenvalue weighted by molar-refractivity contribution is -0.384. The van der Waals surface area contributed by atoms with E-state index in [4.69, 9.17) is 9.52 Å². The number of furan rings is 1. The van der Waals surface area contributed by atoms with Gasteiger partial charge in [-0.3, -0.25) is 10.1 Å². The van der Waals surface area contributed by atoms with E-state index in [2.05, 4.69) is 5.32 Å². The van der Waals surface area contributed by atoms with Crippen LogP contribution in [0.2, 0.25) is 0 Å². The Labute approximate surface area is 114 Å². The van der Waals surface area contributed by atoms with Crippen molar-refractivity contribution < 1.29 is 19.2 Å². The van der Waals surface area contributed by atoms with Crippen LogP contribution in [0, 0.1) is 10.1 Å². The minimum Gasteiger partial charge on any atom is -0.478 e. The number of nitro benzene ring substituents is 1. The van der Waals surface area contributed by atoms with E-state index in [9.17, 15) is 14.9 Å². The predicted octanol–water partition coefficient (Wildman–Crippen LogP) is 3.06. The minimum absolute atomic E-state index is 0.0333. The number of aromatic carboxylic acids is 1. The van der Waals surface area contributed by atoms with E-state index in [0.717, 1.165) is 6.07 Å². The van der Waals surface area contributed by atoms with Gasteiger partial charge in [0.15, 0.2) is 0 Å². The molecule has 0 fully saturated rings. The van der Waals surface area contributed by atoms with E-state index >= 15 is 0 Å². The number of hydrogen-bond donors (Lipinski definition) is 2. The lowest BCUT2D eigenvalue weighted by Gasteiger charge is -2.14. The molecule has 0 saturated carbocycles. The van der Waals surface area contributed by atoms with Gasteiger partial charge in [-0.2, -0.15) is 0 Å². The van der Waals surface area contributed by atoms with Crippen LogP contribution in [0.15, 0.2) is 41.0 Å².